The van der Waals surface area contributed by atoms with Gasteiger partial charge in [-0.25, -0.2) is 9.93 Å². The molecule has 104 valence electrons. The molecule has 3 N–H and O–H groups in total. The van der Waals surface area contributed by atoms with Crippen LogP contribution in [0.4, 0.5) is 10.5 Å². The van der Waals surface area contributed by atoms with Crippen molar-refractivity contribution in [2.45, 2.75) is 13.0 Å². The van der Waals surface area contributed by atoms with Gasteiger partial charge in [-0.3, -0.25) is 4.90 Å². The van der Waals surface area contributed by atoms with Gasteiger partial charge < -0.3 is 4.74 Å². The Kier molecular flexibility index (Phi) is 3.74. The van der Waals surface area contributed by atoms with Crippen molar-refractivity contribution in [1.82, 2.24) is 4.72 Å². The number of carbonyl (C=O) groups excluding carboxylic acids is 1. The minimum absolute atomic E-state index is 0.355. The van der Waals surface area contributed by atoms with Crippen LogP contribution in [-0.2, 0) is 14.9 Å². The van der Waals surface area contributed by atoms with Gasteiger partial charge in [0.1, 0.15) is 6.61 Å². The summed E-state index contributed by atoms with van der Waals surface area (Å²) in [6.45, 7) is 2.51. The summed E-state index contributed by atoms with van der Waals surface area (Å²) in [5.41, 5.74) is 1.38. The molecule has 8 heteroatoms. The highest BCUT2D eigenvalue weighted by molar-refractivity contribution is 7.87. The number of ether oxygens (including phenoxy) is 1. The minimum Gasteiger partial charge on any atom is -0.447 e. The van der Waals surface area contributed by atoms with E-state index < -0.39 is 22.3 Å². The predicted molar refractivity (Wildman–Crippen MR) is 69.8 cm³/mol. The summed E-state index contributed by atoms with van der Waals surface area (Å²) in [6.07, 6.45) is -0.399. The molecule has 0 aliphatic carbocycles. The minimum atomic E-state index is -3.77. The van der Waals surface area contributed by atoms with Crippen LogP contribution in [0.15, 0.2) is 24.3 Å². The number of hydrogen-bond acceptors (Lipinski definition) is 4. The fraction of sp³-hybridized carbons (Fsp3) is 0.364. The number of cyclic esters (lactones) is 1. The molecule has 1 aromatic carbocycles. The Morgan fingerprint density at radius 2 is 2.21 bits per heavy atom. The summed E-state index contributed by atoms with van der Waals surface area (Å²) in [4.78, 5) is 13.0. The second-order valence-corrected chi connectivity index (χ2v) is 5.57. The van der Waals surface area contributed by atoms with Crippen molar-refractivity contribution in [2.24, 2.45) is 5.14 Å². The molecule has 1 amide bonds. The summed E-state index contributed by atoms with van der Waals surface area (Å²) in [6, 6.07) is 6.52. The highest BCUT2D eigenvalue weighted by atomic mass is 32.2. The third-order valence-electron chi connectivity index (χ3n) is 2.78. The molecule has 0 saturated carbocycles. The maximum atomic E-state index is 11.5. The Morgan fingerprint density at radius 3 is 2.79 bits per heavy atom. The lowest BCUT2D eigenvalue weighted by molar-refractivity contribution is 0.181. The van der Waals surface area contributed by atoms with E-state index in [1.807, 2.05) is 0 Å². The van der Waals surface area contributed by atoms with E-state index in [0.29, 0.717) is 24.4 Å². The molecule has 1 saturated heterocycles. The number of anilines is 1. The monoisotopic (exact) mass is 285 g/mol. The predicted octanol–water partition coefficient (Wildman–Crippen LogP) is 0.497. The molecule has 0 radical (unpaired) electrons. The average molecular weight is 285 g/mol. The summed E-state index contributed by atoms with van der Waals surface area (Å²) >= 11 is 0. The first-order chi connectivity index (χ1) is 8.87. The van der Waals surface area contributed by atoms with Gasteiger partial charge in [-0.15, -0.1) is 0 Å². The van der Waals surface area contributed by atoms with Gasteiger partial charge in [-0.05, 0) is 24.6 Å². The van der Waals surface area contributed by atoms with Crippen molar-refractivity contribution in [3.05, 3.63) is 29.8 Å². The van der Waals surface area contributed by atoms with Crippen molar-refractivity contribution in [1.29, 1.82) is 0 Å². The molecule has 0 aromatic heterocycles. The zero-order chi connectivity index (χ0) is 14.0. The number of amides is 1. The quantitative estimate of drug-likeness (QED) is 0.840. The van der Waals surface area contributed by atoms with E-state index in [0.717, 1.165) is 0 Å². The molecule has 7 nitrogen and oxygen atoms in total. The first-order valence-electron chi connectivity index (χ1n) is 5.71. The van der Waals surface area contributed by atoms with Gasteiger partial charge >= 0.3 is 6.09 Å². The van der Waals surface area contributed by atoms with Crippen LogP contribution in [0.3, 0.4) is 0 Å². The van der Waals surface area contributed by atoms with E-state index in [4.69, 9.17) is 9.88 Å². The molecule has 1 atom stereocenters. The standard InChI is InChI=1S/C11H15N3O4S/c1-8(13-19(12,16)17)9-3-2-4-10(7-9)14-5-6-18-11(14)15/h2-4,7-8,13H,5-6H2,1H3,(H2,12,16,17)/t8-/m1/s1. The molecule has 19 heavy (non-hydrogen) atoms. The van der Waals surface area contributed by atoms with Crippen molar-refractivity contribution in [3.8, 4) is 0 Å². The van der Waals surface area contributed by atoms with E-state index in [1.54, 1.807) is 31.2 Å². The first kappa shape index (κ1) is 13.8. The molecule has 2 rings (SSSR count). The molecule has 1 aromatic rings. The summed E-state index contributed by atoms with van der Waals surface area (Å²) < 4.78 is 29.1. The molecule has 1 fully saturated rings. The number of benzene rings is 1. The fourth-order valence-corrected chi connectivity index (χ4v) is 2.53. The fourth-order valence-electron chi connectivity index (χ4n) is 1.90. The lowest BCUT2D eigenvalue weighted by Crippen LogP contribution is -2.33. The first-order valence-corrected chi connectivity index (χ1v) is 7.26. The molecule has 1 aliphatic heterocycles. The van der Waals surface area contributed by atoms with Crippen LogP contribution in [0.25, 0.3) is 0 Å². The van der Waals surface area contributed by atoms with Gasteiger partial charge in [0, 0.05) is 11.7 Å². The molecule has 1 aliphatic rings. The van der Waals surface area contributed by atoms with Crippen LogP contribution in [0.5, 0.6) is 0 Å². The molecule has 0 spiro atoms. The number of nitrogens with two attached hydrogens (primary N) is 1. The van der Waals surface area contributed by atoms with Crippen molar-refractivity contribution < 1.29 is 17.9 Å². The van der Waals surface area contributed by atoms with Gasteiger partial charge in [-0.2, -0.15) is 13.1 Å². The molecular weight excluding hydrogens is 270 g/mol. The van der Waals surface area contributed by atoms with Gasteiger partial charge in [0.15, 0.2) is 0 Å². The van der Waals surface area contributed by atoms with Crippen molar-refractivity contribution >= 4 is 22.0 Å². The van der Waals surface area contributed by atoms with Crippen LogP contribution in [0.1, 0.15) is 18.5 Å². The summed E-state index contributed by atoms with van der Waals surface area (Å²) in [7, 11) is -3.77. The summed E-state index contributed by atoms with van der Waals surface area (Å²) in [5.74, 6) is 0. The number of nitrogens with one attached hydrogen (secondary N) is 1. The number of nitrogens with zero attached hydrogens (tertiary/aromatic N) is 1. The number of rotatable bonds is 4. The van der Waals surface area contributed by atoms with Gasteiger partial charge in [0.05, 0.1) is 6.54 Å². The van der Waals surface area contributed by atoms with E-state index in [-0.39, 0.29) is 0 Å². The molecule has 0 bridgehead atoms. The Hall–Kier alpha value is -1.64. The van der Waals surface area contributed by atoms with Crippen LogP contribution in [-0.4, -0.2) is 27.7 Å². The van der Waals surface area contributed by atoms with Crippen LogP contribution in [0, 0.1) is 0 Å². The van der Waals surface area contributed by atoms with Crippen LogP contribution < -0.4 is 14.8 Å². The van der Waals surface area contributed by atoms with Gasteiger partial charge in [-0.1, -0.05) is 12.1 Å². The Bertz CT molecular complexity index is 587. The second-order valence-electron chi connectivity index (χ2n) is 4.25. The van der Waals surface area contributed by atoms with E-state index in [9.17, 15) is 13.2 Å². The zero-order valence-electron chi connectivity index (χ0n) is 10.4. The normalized spacial score (nSPS) is 17.4. The van der Waals surface area contributed by atoms with E-state index in [1.165, 1.54) is 4.90 Å². The Morgan fingerprint density at radius 1 is 1.47 bits per heavy atom. The third-order valence-corrected chi connectivity index (χ3v) is 3.47. The van der Waals surface area contributed by atoms with Crippen LogP contribution in [0.2, 0.25) is 0 Å². The highest BCUT2D eigenvalue weighted by Gasteiger charge is 2.24. The van der Waals surface area contributed by atoms with Crippen molar-refractivity contribution in [3.63, 3.8) is 0 Å². The molecular formula is C11H15N3O4S. The van der Waals surface area contributed by atoms with E-state index in [2.05, 4.69) is 4.72 Å². The lowest BCUT2D eigenvalue weighted by Gasteiger charge is -2.17. The second kappa shape index (κ2) is 5.16. The highest BCUT2D eigenvalue weighted by Crippen LogP contribution is 2.23. The maximum absolute atomic E-state index is 11.5. The van der Waals surface area contributed by atoms with Gasteiger partial charge in [0.2, 0.25) is 0 Å². The van der Waals surface area contributed by atoms with Crippen LogP contribution >= 0.6 is 0 Å². The molecule has 0 unspecified atom stereocenters. The molecule has 1 heterocycles. The van der Waals surface area contributed by atoms with E-state index >= 15 is 0 Å². The number of hydrogen-bond donors (Lipinski definition) is 2. The topological polar surface area (TPSA) is 102 Å². The smallest absolute Gasteiger partial charge is 0.414 e. The average Bonchev–Trinajstić information content (AvgIpc) is 2.73. The SMILES string of the molecule is C[C@@H](NS(N)(=O)=O)c1cccc(N2CCOC2=O)c1. The van der Waals surface area contributed by atoms with Crippen molar-refractivity contribution in [2.75, 3.05) is 18.1 Å². The summed E-state index contributed by atoms with van der Waals surface area (Å²) in [5, 5.41) is 4.93. The van der Waals surface area contributed by atoms with Gasteiger partial charge in [0.25, 0.3) is 10.2 Å². The third kappa shape index (κ3) is 3.43. The zero-order valence-corrected chi connectivity index (χ0v) is 11.2. The maximum Gasteiger partial charge on any atom is 0.414 e. The number of carbonyl (C=O) groups is 1. The largest absolute Gasteiger partial charge is 0.447 e. The Balaban J connectivity index is 2.22. The lowest BCUT2D eigenvalue weighted by atomic mass is 10.1. The Labute approximate surface area is 111 Å².